The van der Waals surface area contributed by atoms with Gasteiger partial charge in [0.2, 0.25) is 0 Å². The summed E-state index contributed by atoms with van der Waals surface area (Å²) in [5.74, 6) is 0.0280. The average molecular weight is 243 g/mol. The fourth-order valence-electron chi connectivity index (χ4n) is 1.43. The number of benzene rings is 1. The second-order valence-electron chi connectivity index (χ2n) is 3.65. The second kappa shape index (κ2) is 6.15. The van der Waals surface area contributed by atoms with Gasteiger partial charge in [-0.05, 0) is 24.1 Å². The monoisotopic (exact) mass is 243 g/mol. The number of aryl methyl sites for hydroxylation is 1. The maximum Gasteiger partial charge on any atom is 0.250 e. The molecule has 0 aromatic heterocycles. The fraction of sp³-hybridized carbons (Fsp3) is 0.364. The summed E-state index contributed by atoms with van der Waals surface area (Å²) in [6, 6.07) is 5.19. The minimum atomic E-state index is -2.35. The van der Waals surface area contributed by atoms with Crippen molar-refractivity contribution in [2.45, 2.75) is 19.9 Å². The van der Waals surface area contributed by atoms with Crippen LogP contribution in [0.4, 0.5) is 8.78 Å². The maximum atomic E-state index is 11.9. The molecule has 0 saturated carbocycles. The molecule has 4 nitrogen and oxygen atoms in total. The standard InChI is InChI=1S/C11H15F2N3O/c1-7-4-8(11(14)16-17)2-3-9(7)5-15-6-10(12)13/h2-4,10,15,17H,5-6H2,1H3,(H2,14,16). The van der Waals surface area contributed by atoms with Gasteiger partial charge in [-0.15, -0.1) is 0 Å². The first-order valence-electron chi connectivity index (χ1n) is 5.11. The van der Waals surface area contributed by atoms with Gasteiger partial charge in [-0.3, -0.25) is 0 Å². The lowest BCUT2D eigenvalue weighted by Crippen LogP contribution is -2.21. The molecule has 0 atom stereocenters. The van der Waals surface area contributed by atoms with Gasteiger partial charge in [-0.2, -0.15) is 0 Å². The summed E-state index contributed by atoms with van der Waals surface area (Å²) in [4.78, 5) is 0. The molecule has 94 valence electrons. The average Bonchev–Trinajstić information content (AvgIpc) is 2.29. The van der Waals surface area contributed by atoms with E-state index in [0.29, 0.717) is 12.1 Å². The summed E-state index contributed by atoms with van der Waals surface area (Å²) in [7, 11) is 0. The predicted octanol–water partition coefficient (Wildman–Crippen LogP) is 1.44. The Balaban J connectivity index is 2.70. The first-order valence-corrected chi connectivity index (χ1v) is 5.11. The summed E-state index contributed by atoms with van der Waals surface area (Å²) < 4.78 is 23.9. The van der Waals surface area contributed by atoms with Gasteiger partial charge in [0.25, 0.3) is 6.43 Å². The molecule has 0 radical (unpaired) electrons. The lowest BCUT2D eigenvalue weighted by molar-refractivity contribution is 0.145. The zero-order chi connectivity index (χ0) is 12.8. The molecular formula is C11H15F2N3O. The Bertz CT molecular complexity index is 408. The van der Waals surface area contributed by atoms with Crippen LogP contribution in [-0.4, -0.2) is 24.0 Å². The molecule has 4 N–H and O–H groups in total. The molecule has 0 aliphatic carbocycles. The van der Waals surface area contributed by atoms with Crippen LogP contribution in [0.2, 0.25) is 0 Å². The van der Waals surface area contributed by atoms with Crippen LogP contribution in [0.15, 0.2) is 23.4 Å². The molecule has 0 aliphatic rings. The van der Waals surface area contributed by atoms with E-state index < -0.39 is 6.43 Å². The number of hydrogen-bond donors (Lipinski definition) is 3. The number of nitrogens with two attached hydrogens (primary N) is 1. The second-order valence-corrected chi connectivity index (χ2v) is 3.65. The molecule has 0 fully saturated rings. The molecule has 1 rings (SSSR count). The van der Waals surface area contributed by atoms with Gasteiger partial charge in [0, 0.05) is 12.1 Å². The predicted molar refractivity (Wildman–Crippen MR) is 61.4 cm³/mol. The summed E-state index contributed by atoms with van der Waals surface area (Å²) in [5.41, 5.74) is 7.84. The molecule has 6 heteroatoms. The Morgan fingerprint density at radius 2 is 2.24 bits per heavy atom. The van der Waals surface area contributed by atoms with E-state index in [1.165, 1.54) is 0 Å². The van der Waals surface area contributed by atoms with E-state index in [1.807, 2.05) is 6.92 Å². The number of halogens is 2. The Labute approximate surface area is 98.1 Å². The fourth-order valence-corrected chi connectivity index (χ4v) is 1.43. The Morgan fingerprint density at radius 1 is 1.53 bits per heavy atom. The minimum Gasteiger partial charge on any atom is -0.409 e. The lowest BCUT2D eigenvalue weighted by Gasteiger charge is -2.09. The van der Waals surface area contributed by atoms with E-state index in [1.54, 1.807) is 18.2 Å². The molecule has 0 unspecified atom stereocenters. The molecule has 1 aromatic rings. The number of hydrogen-bond acceptors (Lipinski definition) is 3. The van der Waals surface area contributed by atoms with Gasteiger partial charge in [-0.1, -0.05) is 17.3 Å². The highest BCUT2D eigenvalue weighted by molar-refractivity contribution is 5.97. The van der Waals surface area contributed by atoms with Crippen LogP contribution in [0.25, 0.3) is 0 Å². The van der Waals surface area contributed by atoms with E-state index in [2.05, 4.69) is 10.5 Å². The van der Waals surface area contributed by atoms with Crippen molar-refractivity contribution in [3.8, 4) is 0 Å². The molecule has 0 heterocycles. The van der Waals surface area contributed by atoms with Crippen molar-refractivity contribution in [3.63, 3.8) is 0 Å². The van der Waals surface area contributed by atoms with Crippen molar-refractivity contribution in [1.29, 1.82) is 0 Å². The van der Waals surface area contributed by atoms with Crippen molar-refractivity contribution in [2.24, 2.45) is 10.9 Å². The van der Waals surface area contributed by atoms with Crippen LogP contribution in [0.5, 0.6) is 0 Å². The quantitative estimate of drug-likeness (QED) is 0.317. The van der Waals surface area contributed by atoms with Gasteiger partial charge in [0.05, 0.1) is 6.54 Å². The first kappa shape index (κ1) is 13.4. The molecule has 0 spiro atoms. The van der Waals surface area contributed by atoms with Crippen LogP contribution in [0, 0.1) is 6.92 Å². The third-order valence-electron chi connectivity index (χ3n) is 2.36. The Hall–Kier alpha value is -1.69. The molecule has 0 saturated heterocycles. The van der Waals surface area contributed by atoms with Crippen molar-refractivity contribution in [3.05, 3.63) is 34.9 Å². The van der Waals surface area contributed by atoms with Gasteiger partial charge < -0.3 is 16.3 Å². The van der Waals surface area contributed by atoms with Crippen molar-refractivity contribution >= 4 is 5.84 Å². The maximum absolute atomic E-state index is 11.9. The van der Waals surface area contributed by atoms with E-state index in [0.717, 1.165) is 11.1 Å². The topological polar surface area (TPSA) is 70.6 Å². The van der Waals surface area contributed by atoms with Crippen LogP contribution >= 0.6 is 0 Å². The lowest BCUT2D eigenvalue weighted by atomic mass is 10.0. The van der Waals surface area contributed by atoms with Crippen LogP contribution in [0.3, 0.4) is 0 Å². The first-order chi connectivity index (χ1) is 8.04. The Kier molecular flexibility index (Phi) is 4.84. The molecule has 0 aliphatic heterocycles. The van der Waals surface area contributed by atoms with E-state index >= 15 is 0 Å². The summed E-state index contributed by atoms with van der Waals surface area (Å²) in [6.45, 7) is 1.88. The molecule has 0 bridgehead atoms. The highest BCUT2D eigenvalue weighted by Gasteiger charge is 2.05. The SMILES string of the molecule is Cc1cc(/C(N)=N/O)ccc1CNCC(F)F. The normalized spacial score (nSPS) is 12.1. The van der Waals surface area contributed by atoms with Gasteiger partial charge >= 0.3 is 0 Å². The van der Waals surface area contributed by atoms with Crippen molar-refractivity contribution in [1.82, 2.24) is 5.32 Å². The van der Waals surface area contributed by atoms with Crippen molar-refractivity contribution in [2.75, 3.05) is 6.54 Å². The molecule has 1 aromatic carbocycles. The van der Waals surface area contributed by atoms with Gasteiger partial charge in [0.1, 0.15) is 0 Å². The van der Waals surface area contributed by atoms with Gasteiger partial charge in [-0.25, -0.2) is 8.78 Å². The summed E-state index contributed by atoms with van der Waals surface area (Å²) >= 11 is 0. The van der Waals surface area contributed by atoms with Gasteiger partial charge in [0.15, 0.2) is 5.84 Å². The molecular weight excluding hydrogens is 228 g/mol. The Morgan fingerprint density at radius 3 is 2.76 bits per heavy atom. The number of amidine groups is 1. The van der Waals surface area contributed by atoms with E-state index in [9.17, 15) is 8.78 Å². The third-order valence-corrected chi connectivity index (χ3v) is 2.36. The third kappa shape index (κ3) is 3.99. The minimum absolute atomic E-state index is 0.0280. The van der Waals surface area contributed by atoms with Crippen LogP contribution in [0.1, 0.15) is 16.7 Å². The van der Waals surface area contributed by atoms with E-state index in [4.69, 9.17) is 10.9 Å². The van der Waals surface area contributed by atoms with Crippen LogP contribution in [-0.2, 0) is 6.54 Å². The summed E-state index contributed by atoms with van der Waals surface area (Å²) in [6.07, 6.45) is -2.35. The number of nitrogens with one attached hydrogen (secondary N) is 1. The number of nitrogens with zero attached hydrogens (tertiary/aromatic N) is 1. The molecule has 0 amide bonds. The zero-order valence-corrected chi connectivity index (χ0v) is 9.45. The number of alkyl halides is 2. The van der Waals surface area contributed by atoms with Crippen LogP contribution < -0.4 is 11.1 Å². The largest absolute Gasteiger partial charge is 0.409 e. The highest BCUT2D eigenvalue weighted by atomic mass is 19.3. The highest BCUT2D eigenvalue weighted by Crippen LogP contribution is 2.11. The number of oxime groups is 1. The smallest absolute Gasteiger partial charge is 0.250 e. The van der Waals surface area contributed by atoms with E-state index in [-0.39, 0.29) is 12.4 Å². The zero-order valence-electron chi connectivity index (χ0n) is 9.45. The number of rotatable bonds is 5. The van der Waals surface area contributed by atoms with Crippen molar-refractivity contribution < 1.29 is 14.0 Å². The molecule has 17 heavy (non-hydrogen) atoms. The summed E-state index contributed by atoms with van der Waals surface area (Å²) in [5, 5.41) is 14.1.